The number of piperidine rings is 1. The molecule has 1 fully saturated rings. The fourth-order valence-electron chi connectivity index (χ4n) is 3.04. The van der Waals surface area contributed by atoms with Crippen molar-refractivity contribution < 1.29 is 21.9 Å². The average Bonchev–Trinajstić information content (AvgIpc) is 2.66. The van der Waals surface area contributed by atoms with Crippen LogP contribution < -0.4 is 4.72 Å². The maximum absolute atomic E-state index is 12.9. The minimum atomic E-state index is -4.17. The van der Waals surface area contributed by atoms with E-state index in [-0.39, 0.29) is 20.5 Å². The molecular weight excluding hydrogens is 424 g/mol. The highest BCUT2D eigenvalue weighted by atomic mass is 35.5. The van der Waals surface area contributed by atoms with Crippen molar-refractivity contribution in [2.24, 2.45) is 0 Å². The van der Waals surface area contributed by atoms with Crippen molar-refractivity contribution in [3.63, 3.8) is 0 Å². The van der Waals surface area contributed by atoms with Gasteiger partial charge in [0, 0.05) is 13.1 Å². The number of phenols is 1. The van der Waals surface area contributed by atoms with Crippen LogP contribution in [0.25, 0.3) is 0 Å². The second-order valence-corrected chi connectivity index (χ2v) is 10.6. The van der Waals surface area contributed by atoms with Gasteiger partial charge >= 0.3 is 0 Å². The Labute approximate surface area is 170 Å². The van der Waals surface area contributed by atoms with E-state index in [0.717, 1.165) is 19.3 Å². The van der Waals surface area contributed by atoms with Gasteiger partial charge in [0.05, 0.1) is 15.6 Å². The number of aromatic hydroxyl groups is 1. The zero-order valence-electron chi connectivity index (χ0n) is 15.2. The van der Waals surface area contributed by atoms with E-state index in [0.29, 0.717) is 18.7 Å². The summed E-state index contributed by atoms with van der Waals surface area (Å²) in [4.78, 5) is -0.364. The van der Waals surface area contributed by atoms with Gasteiger partial charge in [0.25, 0.3) is 10.0 Å². The molecule has 0 radical (unpaired) electrons. The smallest absolute Gasteiger partial charge is 0.265 e. The van der Waals surface area contributed by atoms with Crippen molar-refractivity contribution in [3.8, 4) is 5.75 Å². The molecule has 0 spiro atoms. The van der Waals surface area contributed by atoms with Gasteiger partial charge in [-0.2, -0.15) is 4.31 Å². The van der Waals surface area contributed by atoms with E-state index in [1.807, 2.05) is 0 Å². The third kappa shape index (κ3) is 4.12. The summed E-state index contributed by atoms with van der Waals surface area (Å²) >= 11 is 5.80. The molecule has 1 saturated heterocycles. The van der Waals surface area contributed by atoms with E-state index in [4.69, 9.17) is 11.6 Å². The molecule has 10 heteroatoms. The number of nitrogens with one attached hydrogen (secondary N) is 1. The summed E-state index contributed by atoms with van der Waals surface area (Å²) in [6, 6.07) is 8.31. The van der Waals surface area contributed by atoms with Gasteiger partial charge in [0.2, 0.25) is 10.0 Å². The molecule has 28 heavy (non-hydrogen) atoms. The van der Waals surface area contributed by atoms with Crippen molar-refractivity contribution in [2.75, 3.05) is 17.8 Å². The maximum atomic E-state index is 12.9. The number of halogens is 1. The van der Waals surface area contributed by atoms with E-state index in [1.165, 1.54) is 34.6 Å². The van der Waals surface area contributed by atoms with Crippen molar-refractivity contribution in [2.45, 2.75) is 36.0 Å². The molecule has 0 aliphatic carbocycles. The normalized spacial score (nSPS) is 16.1. The molecule has 0 aromatic heterocycles. The first kappa shape index (κ1) is 20.9. The standard InChI is InChI=1S/C18H21ClN2O5S2/c1-13-8-9-14(28(25,26)21-10-3-2-4-11-21)12-16(13)20-27(23,24)17-7-5-6-15(19)18(17)22/h5-9,12,20,22H,2-4,10-11H2,1H3. The summed E-state index contributed by atoms with van der Waals surface area (Å²) in [5, 5.41) is 9.88. The first-order valence-corrected chi connectivity index (χ1v) is 12.0. The highest BCUT2D eigenvalue weighted by Crippen LogP contribution is 2.33. The number of phenolic OH excluding ortho intramolecular Hbond substituents is 1. The summed E-state index contributed by atoms with van der Waals surface area (Å²) in [6.07, 6.45) is 2.60. The number of sulfonamides is 2. The minimum absolute atomic E-state index is 0.0213. The van der Waals surface area contributed by atoms with Crippen molar-refractivity contribution in [1.82, 2.24) is 4.31 Å². The number of hydrogen-bond donors (Lipinski definition) is 2. The molecule has 152 valence electrons. The maximum Gasteiger partial charge on any atom is 0.265 e. The molecule has 3 rings (SSSR count). The largest absolute Gasteiger partial charge is 0.505 e. The molecule has 7 nitrogen and oxygen atoms in total. The molecule has 2 aromatic carbocycles. The summed E-state index contributed by atoms with van der Waals surface area (Å²) in [7, 11) is -7.88. The first-order valence-electron chi connectivity index (χ1n) is 8.74. The average molecular weight is 445 g/mol. The second kappa shape index (κ2) is 7.90. The van der Waals surface area contributed by atoms with E-state index >= 15 is 0 Å². The van der Waals surface area contributed by atoms with Gasteiger partial charge < -0.3 is 5.11 Å². The summed E-state index contributed by atoms with van der Waals surface area (Å²) < 4.78 is 54.9. The van der Waals surface area contributed by atoms with Crippen LogP contribution in [0, 0.1) is 6.92 Å². The Bertz CT molecular complexity index is 1090. The fraction of sp³-hybridized carbons (Fsp3) is 0.333. The summed E-state index contributed by atoms with van der Waals surface area (Å²) in [6.45, 7) is 2.56. The van der Waals surface area contributed by atoms with Gasteiger partial charge in [-0.15, -0.1) is 0 Å². The van der Waals surface area contributed by atoms with Crippen LogP contribution in [-0.2, 0) is 20.0 Å². The van der Waals surface area contributed by atoms with Crippen LogP contribution in [0.5, 0.6) is 5.75 Å². The van der Waals surface area contributed by atoms with Crippen LogP contribution in [-0.4, -0.2) is 39.3 Å². The topological polar surface area (TPSA) is 104 Å². The van der Waals surface area contributed by atoms with Crippen molar-refractivity contribution in [1.29, 1.82) is 0 Å². The first-order chi connectivity index (χ1) is 13.1. The van der Waals surface area contributed by atoms with E-state index in [2.05, 4.69) is 4.72 Å². The number of hydrogen-bond acceptors (Lipinski definition) is 5. The number of aryl methyl sites for hydroxylation is 1. The molecule has 0 amide bonds. The lowest BCUT2D eigenvalue weighted by Gasteiger charge is -2.26. The zero-order valence-corrected chi connectivity index (χ0v) is 17.6. The Balaban J connectivity index is 1.97. The van der Waals surface area contributed by atoms with Gasteiger partial charge in [-0.1, -0.05) is 30.2 Å². The van der Waals surface area contributed by atoms with E-state index < -0.39 is 25.8 Å². The van der Waals surface area contributed by atoms with E-state index in [9.17, 15) is 21.9 Å². The van der Waals surface area contributed by atoms with Crippen molar-refractivity contribution >= 4 is 37.3 Å². The monoisotopic (exact) mass is 444 g/mol. The molecule has 1 aliphatic rings. The Morgan fingerprint density at radius 3 is 2.39 bits per heavy atom. The number of benzene rings is 2. The molecule has 2 N–H and O–H groups in total. The minimum Gasteiger partial charge on any atom is -0.505 e. The van der Waals surface area contributed by atoms with Crippen LogP contribution in [0.4, 0.5) is 5.69 Å². The van der Waals surface area contributed by atoms with Crippen LogP contribution in [0.2, 0.25) is 5.02 Å². The molecule has 1 aliphatic heterocycles. The lowest BCUT2D eigenvalue weighted by Crippen LogP contribution is -2.35. The Morgan fingerprint density at radius 2 is 1.71 bits per heavy atom. The zero-order chi connectivity index (χ0) is 20.5. The Morgan fingerprint density at radius 1 is 1.04 bits per heavy atom. The Kier molecular flexibility index (Phi) is 5.90. The number of rotatable bonds is 5. The van der Waals surface area contributed by atoms with Crippen molar-refractivity contribution in [3.05, 3.63) is 47.0 Å². The lowest BCUT2D eigenvalue weighted by molar-refractivity contribution is 0.346. The SMILES string of the molecule is Cc1ccc(S(=O)(=O)N2CCCCC2)cc1NS(=O)(=O)c1cccc(Cl)c1O. The predicted octanol–water partition coefficient (Wildman–Crippen LogP) is 3.33. The number of para-hydroxylation sites is 1. The predicted molar refractivity (Wildman–Crippen MR) is 108 cm³/mol. The van der Waals surface area contributed by atoms with Gasteiger partial charge in [-0.05, 0) is 49.6 Å². The quantitative estimate of drug-likeness (QED) is 0.736. The fourth-order valence-corrected chi connectivity index (χ4v) is 6.05. The Hall–Kier alpha value is -1.81. The lowest BCUT2D eigenvalue weighted by atomic mass is 10.2. The molecule has 1 heterocycles. The highest BCUT2D eigenvalue weighted by Gasteiger charge is 2.27. The van der Waals surface area contributed by atoms with Gasteiger partial charge in [0.15, 0.2) is 5.75 Å². The van der Waals surface area contributed by atoms with Gasteiger partial charge in [-0.25, -0.2) is 16.8 Å². The molecule has 0 bridgehead atoms. The second-order valence-electron chi connectivity index (χ2n) is 6.63. The molecule has 0 atom stereocenters. The number of nitrogens with zero attached hydrogens (tertiary/aromatic N) is 1. The summed E-state index contributed by atoms with van der Waals surface area (Å²) in [5.74, 6) is -0.564. The van der Waals surface area contributed by atoms with Crippen LogP contribution in [0.15, 0.2) is 46.2 Å². The molecule has 0 saturated carbocycles. The van der Waals surface area contributed by atoms with Crippen LogP contribution in [0.1, 0.15) is 24.8 Å². The molecule has 0 unspecified atom stereocenters. The van der Waals surface area contributed by atoms with Gasteiger partial charge in [0.1, 0.15) is 4.90 Å². The molecule has 2 aromatic rings. The van der Waals surface area contributed by atoms with Crippen LogP contribution >= 0.6 is 11.6 Å². The van der Waals surface area contributed by atoms with E-state index in [1.54, 1.807) is 13.0 Å². The summed E-state index contributed by atoms with van der Waals surface area (Å²) in [5.41, 5.74) is 0.667. The molecular formula is C18H21ClN2O5S2. The third-order valence-electron chi connectivity index (χ3n) is 4.65. The highest BCUT2D eigenvalue weighted by molar-refractivity contribution is 7.92. The van der Waals surface area contributed by atoms with Gasteiger partial charge in [-0.3, -0.25) is 4.72 Å². The third-order valence-corrected chi connectivity index (χ3v) is 8.24. The number of anilines is 1. The van der Waals surface area contributed by atoms with Crippen LogP contribution in [0.3, 0.4) is 0 Å².